The van der Waals surface area contributed by atoms with Crippen molar-refractivity contribution in [2.24, 2.45) is 0 Å². The normalized spacial score (nSPS) is 12.2. The third kappa shape index (κ3) is 2.28. The molecule has 1 aromatic rings. The predicted molar refractivity (Wildman–Crippen MR) is 61.3 cm³/mol. The van der Waals surface area contributed by atoms with E-state index in [0.29, 0.717) is 5.92 Å². The number of carbonyl (C=O) groups excluding carboxylic acids is 1. The second-order valence-electron chi connectivity index (χ2n) is 5.24. The molecule has 0 aliphatic heterocycles. The fourth-order valence-electron chi connectivity index (χ4n) is 1.72. The van der Waals surface area contributed by atoms with Gasteiger partial charge in [-0.1, -0.05) is 13.8 Å². The molecule has 15 heavy (non-hydrogen) atoms. The van der Waals surface area contributed by atoms with Crippen molar-refractivity contribution in [3.8, 4) is 0 Å². The molecule has 0 aromatic carbocycles. The molecular weight excluding hydrogens is 188 g/mol. The zero-order chi connectivity index (χ0) is 11.8. The second kappa shape index (κ2) is 3.80. The zero-order valence-corrected chi connectivity index (χ0v) is 10.5. The number of carbonyl (C=O) groups is 1. The molecule has 0 bridgehead atoms. The summed E-state index contributed by atoms with van der Waals surface area (Å²) in [4.78, 5) is 11.5. The van der Waals surface area contributed by atoms with E-state index in [0.717, 1.165) is 11.3 Å². The number of aromatic nitrogens is 2. The summed E-state index contributed by atoms with van der Waals surface area (Å²) in [5, 5.41) is 4.33. The predicted octanol–water partition coefficient (Wildman–Crippen LogP) is 2.96. The molecule has 1 heterocycles. The summed E-state index contributed by atoms with van der Waals surface area (Å²) in [6.07, 6.45) is 1.68. The molecule has 0 N–H and O–H groups in total. The van der Waals surface area contributed by atoms with Crippen LogP contribution in [0.3, 0.4) is 0 Å². The Morgan fingerprint density at radius 1 is 1.40 bits per heavy atom. The molecule has 3 heteroatoms. The van der Waals surface area contributed by atoms with Gasteiger partial charge >= 0.3 is 0 Å². The molecule has 3 nitrogen and oxygen atoms in total. The van der Waals surface area contributed by atoms with Gasteiger partial charge in [-0.15, -0.1) is 0 Å². The van der Waals surface area contributed by atoms with Crippen molar-refractivity contribution < 1.29 is 4.79 Å². The molecule has 0 radical (unpaired) electrons. The van der Waals surface area contributed by atoms with Crippen LogP contribution in [0.15, 0.2) is 6.20 Å². The van der Waals surface area contributed by atoms with Crippen LogP contribution < -0.4 is 0 Å². The lowest BCUT2D eigenvalue weighted by atomic mass is 10.0. The van der Waals surface area contributed by atoms with Crippen LogP contribution >= 0.6 is 0 Å². The van der Waals surface area contributed by atoms with Gasteiger partial charge < -0.3 is 0 Å². The summed E-state index contributed by atoms with van der Waals surface area (Å²) in [7, 11) is 0. The minimum Gasteiger partial charge on any atom is -0.294 e. The summed E-state index contributed by atoms with van der Waals surface area (Å²) in [6, 6.07) is 0. The highest BCUT2D eigenvalue weighted by Gasteiger charge is 2.24. The minimum atomic E-state index is -0.0761. The zero-order valence-electron chi connectivity index (χ0n) is 10.5. The van der Waals surface area contributed by atoms with Gasteiger partial charge in [0.15, 0.2) is 5.78 Å². The van der Waals surface area contributed by atoms with Crippen LogP contribution in [0.5, 0.6) is 0 Å². The largest absolute Gasteiger partial charge is 0.294 e. The number of nitrogens with zero attached hydrogens (tertiary/aromatic N) is 2. The van der Waals surface area contributed by atoms with E-state index < -0.39 is 0 Å². The van der Waals surface area contributed by atoms with Gasteiger partial charge in [-0.05, 0) is 33.6 Å². The number of hydrogen-bond acceptors (Lipinski definition) is 2. The monoisotopic (exact) mass is 208 g/mol. The first-order chi connectivity index (χ1) is 6.75. The van der Waals surface area contributed by atoms with Crippen LogP contribution in [0, 0.1) is 0 Å². The molecule has 0 aliphatic carbocycles. The average molecular weight is 208 g/mol. The average Bonchev–Trinajstić information content (AvgIpc) is 2.45. The van der Waals surface area contributed by atoms with Crippen LogP contribution in [0.1, 0.15) is 63.5 Å². The smallest absolute Gasteiger partial charge is 0.163 e. The fraction of sp³-hybridized carbons (Fsp3) is 0.667. The summed E-state index contributed by atoms with van der Waals surface area (Å²) < 4.78 is 1.95. The Morgan fingerprint density at radius 2 is 1.93 bits per heavy atom. The molecule has 0 aliphatic rings. The van der Waals surface area contributed by atoms with Gasteiger partial charge in [-0.2, -0.15) is 5.10 Å². The summed E-state index contributed by atoms with van der Waals surface area (Å²) >= 11 is 0. The Hall–Kier alpha value is -1.12. The van der Waals surface area contributed by atoms with E-state index in [1.807, 2.05) is 4.68 Å². The van der Waals surface area contributed by atoms with Gasteiger partial charge in [0.1, 0.15) is 0 Å². The second-order valence-corrected chi connectivity index (χ2v) is 5.24. The summed E-state index contributed by atoms with van der Waals surface area (Å²) in [5.41, 5.74) is 1.71. The first-order valence-electron chi connectivity index (χ1n) is 5.34. The van der Waals surface area contributed by atoms with Crippen LogP contribution in [-0.2, 0) is 5.54 Å². The Bertz CT molecular complexity index is 369. The van der Waals surface area contributed by atoms with Crippen molar-refractivity contribution >= 4 is 5.78 Å². The summed E-state index contributed by atoms with van der Waals surface area (Å²) in [5.74, 6) is 0.403. The molecule has 0 spiro atoms. The molecule has 1 rings (SSSR count). The SMILES string of the molecule is CC(=O)c1cnn(C(C)(C)C)c1C(C)C. The Morgan fingerprint density at radius 3 is 2.27 bits per heavy atom. The highest BCUT2D eigenvalue weighted by Crippen LogP contribution is 2.25. The third-order valence-corrected chi connectivity index (χ3v) is 2.37. The highest BCUT2D eigenvalue weighted by atomic mass is 16.1. The Labute approximate surface area is 91.5 Å². The van der Waals surface area contributed by atoms with E-state index >= 15 is 0 Å². The quantitative estimate of drug-likeness (QED) is 0.700. The van der Waals surface area contributed by atoms with Crippen LogP contribution in [0.2, 0.25) is 0 Å². The van der Waals surface area contributed by atoms with Gasteiger partial charge in [0.2, 0.25) is 0 Å². The maximum atomic E-state index is 11.5. The van der Waals surface area contributed by atoms with Crippen molar-refractivity contribution in [2.75, 3.05) is 0 Å². The molecule has 0 saturated carbocycles. The molecule has 84 valence electrons. The number of ketones is 1. The van der Waals surface area contributed by atoms with E-state index in [1.165, 1.54) is 0 Å². The van der Waals surface area contributed by atoms with E-state index in [4.69, 9.17) is 0 Å². The van der Waals surface area contributed by atoms with E-state index in [-0.39, 0.29) is 11.3 Å². The molecular formula is C12H20N2O. The first kappa shape index (κ1) is 12.0. The van der Waals surface area contributed by atoms with Crippen LogP contribution in [-0.4, -0.2) is 15.6 Å². The lowest BCUT2D eigenvalue weighted by molar-refractivity contribution is 0.101. The van der Waals surface area contributed by atoms with Crippen molar-refractivity contribution in [3.63, 3.8) is 0 Å². The van der Waals surface area contributed by atoms with Gasteiger partial charge in [0.05, 0.1) is 23.0 Å². The van der Waals surface area contributed by atoms with Gasteiger partial charge in [-0.3, -0.25) is 9.48 Å². The molecule has 0 amide bonds. The summed E-state index contributed by atoms with van der Waals surface area (Å²) in [6.45, 7) is 12.1. The lowest BCUT2D eigenvalue weighted by Crippen LogP contribution is -2.26. The maximum Gasteiger partial charge on any atom is 0.163 e. The van der Waals surface area contributed by atoms with E-state index in [9.17, 15) is 4.79 Å². The maximum absolute atomic E-state index is 11.5. The Balaban J connectivity index is 3.37. The Kier molecular flexibility index (Phi) is 3.03. The fourth-order valence-corrected chi connectivity index (χ4v) is 1.72. The van der Waals surface area contributed by atoms with Crippen molar-refractivity contribution in [1.29, 1.82) is 0 Å². The minimum absolute atomic E-state index is 0.0761. The van der Waals surface area contributed by atoms with Crippen molar-refractivity contribution in [2.45, 2.75) is 53.0 Å². The number of hydrogen-bond donors (Lipinski definition) is 0. The highest BCUT2D eigenvalue weighted by molar-refractivity contribution is 5.95. The molecule has 0 unspecified atom stereocenters. The topological polar surface area (TPSA) is 34.9 Å². The van der Waals surface area contributed by atoms with E-state index in [2.05, 4.69) is 39.7 Å². The first-order valence-corrected chi connectivity index (χ1v) is 5.34. The standard InChI is InChI=1S/C12H20N2O/c1-8(2)11-10(9(3)15)7-13-14(11)12(4,5)6/h7-8H,1-6H3. The molecule has 1 aromatic heterocycles. The number of rotatable bonds is 2. The van der Waals surface area contributed by atoms with E-state index in [1.54, 1.807) is 13.1 Å². The van der Waals surface area contributed by atoms with Crippen molar-refractivity contribution in [1.82, 2.24) is 9.78 Å². The molecule has 0 saturated heterocycles. The number of Topliss-reactive ketones (excluding diaryl/α,β-unsaturated/α-hetero) is 1. The van der Waals surface area contributed by atoms with Gasteiger partial charge in [0.25, 0.3) is 0 Å². The van der Waals surface area contributed by atoms with Gasteiger partial charge in [0, 0.05) is 0 Å². The lowest BCUT2D eigenvalue weighted by Gasteiger charge is -2.24. The third-order valence-electron chi connectivity index (χ3n) is 2.37. The molecule has 0 fully saturated rings. The van der Waals surface area contributed by atoms with Crippen LogP contribution in [0.4, 0.5) is 0 Å². The molecule has 0 atom stereocenters. The van der Waals surface area contributed by atoms with Crippen molar-refractivity contribution in [3.05, 3.63) is 17.5 Å². The van der Waals surface area contributed by atoms with Crippen LogP contribution in [0.25, 0.3) is 0 Å². The van der Waals surface area contributed by atoms with Gasteiger partial charge in [-0.25, -0.2) is 0 Å².